The van der Waals surface area contributed by atoms with Crippen LogP contribution in [0.3, 0.4) is 0 Å². The first-order valence-corrected chi connectivity index (χ1v) is 5.74. The van der Waals surface area contributed by atoms with E-state index in [4.69, 9.17) is 0 Å². The molecule has 1 aromatic rings. The summed E-state index contributed by atoms with van der Waals surface area (Å²) in [6.45, 7) is 5.14. The number of aromatic nitrogens is 2. The Bertz CT molecular complexity index is 252. The highest BCUT2D eigenvalue weighted by atomic mass is 79.9. The average Bonchev–Trinajstić information content (AvgIpc) is 2.51. The first kappa shape index (κ1) is 10.9. The Morgan fingerprint density at radius 3 is 2.85 bits per heavy atom. The summed E-state index contributed by atoms with van der Waals surface area (Å²) in [5, 5.41) is 11.8. The third kappa shape index (κ3) is 4.02. The maximum absolute atomic E-state index is 3.93. The van der Waals surface area contributed by atoms with Crippen LogP contribution in [0.5, 0.6) is 0 Å². The zero-order valence-corrected chi connectivity index (χ0v) is 10.2. The SMILES string of the molecule is CCN(C)CCNc1nnc(Br)s1. The number of hydrogen-bond acceptors (Lipinski definition) is 5. The Morgan fingerprint density at radius 1 is 1.54 bits per heavy atom. The lowest BCUT2D eigenvalue weighted by Crippen LogP contribution is -2.24. The average molecular weight is 265 g/mol. The number of halogens is 1. The van der Waals surface area contributed by atoms with Crippen molar-refractivity contribution >= 4 is 32.4 Å². The molecule has 1 N–H and O–H groups in total. The van der Waals surface area contributed by atoms with E-state index in [9.17, 15) is 0 Å². The first-order chi connectivity index (χ1) is 6.22. The van der Waals surface area contributed by atoms with E-state index < -0.39 is 0 Å². The molecule has 0 fully saturated rings. The molecular formula is C7H13BrN4S. The Kier molecular flexibility index (Phi) is 4.61. The molecule has 74 valence electrons. The predicted molar refractivity (Wildman–Crippen MR) is 59.3 cm³/mol. The van der Waals surface area contributed by atoms with E-state index in [0.29, 0.717) is 0 Å². The molecule has 0 amide bonds. The van der Waals surface area contributed by atoms with E-state index in [0.717, 1.165) is 28.7 Å². The number of likely N-dealkylation sites (N-methyl/N-ethyl adjacent to an activating group) is 1. The molecule has 0 bridgehead atoms. The molecule has 4 nitrogen and oxygen atoms in total. The van der Waals surface area contributed by atoms with E-state index in [1.54, 1.807) is 0 Å². The molecule has 6 heteroatoms. The van der Waals surface area contributed by atoms with Crippen LogP contribution >= 0.6 is 27.3 Å². The summed E-state index contributed by atoms with van der Waals surface area (Å²) in [5.41, 5.74) is 0. The molecule has 0 saturated carbocycles. The van der Waals surface area contributed by atoms with Gasteiger partial charge in [-0.2, -0.15) is 0 Å². The highest BCUT2D eigenvalue weighted by molar-refractivity contribution is 9.11. The van der Waals surface area contributed by atoms with Gasteiger partial charge in [-0.1, -0.05) is 18.3 Å². The van der Waals surface area contributed by atoms with Crippen LogP contribution in [0, 0.1) is 0 Å². The molecule has 0 spiro atoms. The summed E-state index contributed by atoms with van der Waals surface area (Å²) in [5.74, 6) is 0. The van der Waals surface area contributed by atoms with E-state index in [1.807, 2.05) is 0 Å². The summed E-state index contributed by atoms with van der Waals surface area (Å²) < 4.78 is 0.818. The van der Waals surface area contributed by atoms with E-state index in [-0.39, 0.29) is 0 Å². The van der Waals surface area contributed by atoms with Gasteiger partial charge in [-0.05, 0) is 29.5 Å². The van der Waals surface area contributed by atoms with Crippen molar-refractivity contribution in [1.82, 2.24) is 15.1 Å². The van der Waals surface area contributed by atoms with Gasteiger partial charge in [0, 0.05) is 13.1 Å². The van der Waals surface area contributed by atoms with Crippen LogP contribution in [0.1, 0.15) is 6.92 Å². The molecule has 0 aromatic carbocycles. The van der Waals surface area contributed by atoms with Crippen LogP contribution in [0.2, 0.25) is 0 Å². The van der Waals surface area contributed by atoms with Crippen LogP contribution in [-0.2, 0) is 0 Å². The number of rotatable bonds is 5. The molecule has 0 aliphatic heterocycles. The fourth-order valence-corrected chi connectivity index (χ4v) is 1.82. The topological polar surface area (TPSA) is 41.0 Å². The fraction of sp³-hybridized carbons (Fsp3) is 0.714. The molecule has 0 saturated heterocycles. The molecule has 0 aliphatic rings. The summed E-state index contributed by atoms with van der Waals surface area (Å²) >= 11 is 4.77. The number of nitrogens with one attached hydrogen (secondary N) is 1. The van der Waals surface area contributed by atoms with Crippen molar-refractivity contribution in [3.63, 3.8) is 0 Å². The maximum atomic E-state index is 3.93. The molecule has 0 atom stereocenters. The van der Waals surface area contributed by atoms with Crippen LogP contribution < -0.4 is 5.32 Å². The molecule has 13 heavy (non-hydrogen) atoms. The third-order valence-corrected chi connectivity index (χ3v) is 3.02. The Balaban J connectivity index is 2.20. The van der Waals surface area contributed by atoms with Crippen molar-refractivity contribution in [2.24, 2.45) is 0 Å². The number of nitrogens with zero attached hydrogens (tertiary/aromatic N) is 3. The highest BCUT2D eigenvalue weighted by Crippen LogP contribution is 2.19. The minimum absolute atomic E-state index is 0.818. The smallest absolute Gasteiger partial charge is 0.206 e. The van der Waals surface area contributed by atoms with Crippen molar-refractivity contribution < 1.29 is 0 Å². The molecular weight excluding hydrogens is 252 g/mol. The standard InChI is InChI=1S/C7H13BrN4S/c1-3-12(2)5-4-9-7-11-10-6(8)13-7/h3-5H2,1-2H3,(H,9,11). The van der Waals surface area contributed by atoms with E-state index in [2.05, 4.69) is 50.3 Å². The largest absolute Gasteiger partial charge is 0.359 e. The van der Waals surface area contributed by atoms with Gasteiger partial charge in [0.05, 0.1) is 0 Å². The minimum Gasteiger partial charge on any atom is -0.359 e. The van der Waals surface area contributed by atoms with Gasteiger partial charge in [0.1, 0.15) is 0 Å². The Morgan fingerprint density at radius 2 is 2.31 bits per heavy atom. The summed E-state index contributed by atoms with van der Waals surface area (Å²) in [6.07, 6.45) is 0. The van der Waals surface area contributed by atoms with Gasteiger partial charge in [0.15, 0.2) is 3.92 Å². The second-order valence-electron chi connectivity index (χ2n) is 2.68. The van der Waals surface area contributed by atoms with Crippen LogP contribution in [0.4, 0.5) is 5.13 Å². The van der Waals surface area contributed by atoms with Gasteiger partial charge in [-0.25, -0.2) is 0 Å². The third-order valence-electron chi connectivity index (χ3n) is 1.71. The van der Waals surface area contributed by atoms with Crippen molar-refractivity contribution in [1.29, 1.82) is 0 Å². The minimum atomic E-state index is 0.818. The molecule has 0 aliphatic carbocycles. The molecule has 1 aromatic heterocycles. The highest BCUT2D eigenvalue weighted by Gasteiger charge is 2.00. The molecule has 0 unspecified atom stereocenters. The normalized spacial score (nSPS) is 10.8. The van der Waals surface area contributed by atoms with E-state index >= 15 is 0 Å². The van der Waals surface area contributed by atoms with Crippen LogP contribution in [0.25, 0.3) is 0 Å². The molecule has 0 radical (unpaired) electrons. The van der Waals surface area contributed by atoms with Crippen molar-refractivity contribution in [3.05, 3.63) is 3.92 Å². The molecule has 1 rings (SSSR count). The molecule has 1 heterocycles. The monoisotopic (exact) mass is 264 g/mol. The number of anilines is 1. The second-order valence-corrected chi connectivity index (χ2v) is 4.94. The van der Waals surface area contributed by atoms with Gasteiger partial charge in [0.25, 0.3) is 0 Å². The summed E-state index contributed by atoms with van der Waals surface area (Å²) in [7, 11) is 2.09. The summed E-state index contributed by atoms with van der Waals surface area (Å²) in [6, 6.07) is 0. The van der Waals surface area contributed by atoms with Crippen molar-refractivity contribution in [2.45, 2.75) is 6.92 Å². The van der Waals surface area contributed by atoms with Gasteiger partial charge in [0.2, 0.25) is 5.13 Å². The predicted octanol–water partition coefficient (Wildman–Crippen LogP) is 1.66. The second kappa shape index (κ2) is 5.51. The quantitative estimate of drug-likeness (QED) is 0.879. The zero-order chi connectivity index (χ0) is 9.68. The van der Waals surface area contributed by atoms with Gasteiger partial charge in [-0.3, -0.25) is 0 Å². The van der Waals surface area contributed by atoms with Crippen molar-refractivity contribution in [3.8, 4) is 0 Å². The lowest BCUT2D eigenvalue weighted by molar-refractivity contribution is 0.367. The van der Waals surface area contributed by atoms with Crippen LogP contribution in [-0.4, -0.2) is 41.8 Å². The lowest BCUT2D eigenvalue weighted by Gasteiger charge is -2.12. The first-order valence-electron chi connectivity index (χ1n) is 4.13. The lowest BCUT2D eigenvalue weighted by atomic mass is 10.5. The van der Waals surface area contributed by atoms with Gasteiger partial charge in [-0.15, -0.1) is 10.2 Å². The maximum Gasteiger partial charge on any atom is 0.206 e. The fourth-order valence-electron chi connectivity index (χ4n) is 0.789. The van der Waals surface area contributed by atoms with E-state index in [1.165, 1.54) is 11.3 Å². The number of hydrogen-bond donors (Lipinski definition) is 1. The van der Waals surface area contributed by atoms with Gasteiger partial charge >= 0.3 is 0 Å². The summed E-state index contributed by atoms with van der Waals surface area (Å²) in [4.78, 5) is 2.24. The Labute approximate surface area is 90.5 Å². The van der Waals surface area contributed by atoms with Crippen LogP contribution in [0.15, 0.2) is 3.92 Å². The van der Waals surface area contributed by atoms with Crippen molar-refractivity contribution in [2.75, 3.05) is 32.0 Å². The Hall–Kier alpha value is -0.200. The zero-order valence-electron chi connectivity index (χ0n) is 7.75. The van der Waals surface area contributed by atoms with Gasteiger partial charge < -0.3 is 10.2 Å².